The number of para-hydroxylation sites is 1. The smallest absolute Gasteiger partial charge is 0.348 e. The summed E-state index contributed by atoms with van der Waals surface area (Å²) in [6, 6.07) is 18.7. The number of rotatable bonds is 6. The van der Waals surface area contributed by atoms with Crippen LogP contribution in [0.4, 0.5) is 0 Å². The summed E-state index contributed by atoms with van der Waals surface area (Å²) in [7, 11) is 0. The molecule has 21 heavy (non-hydrogen) atoms. The van der Waals surface area contributed by atoms with E-state index in [0.29, 0.717) is 12.2 Å². The first-order valence-electron chi connectivity index (χ1n) is 7.06. The molecule has 110 valence electrons. The highest BCUT2D eigenvalue weighted by molar-refractivity contribution is 5.79. The Labute approximate surface area is 125 Å². The van der Waals surface area contributed by atoms with E-state index in [1.165, 1.54) is 0 Å². The van der Waals surface area contributed by atoms with E-state index >= 15 is 0 Å². The zero-order valence-corrected chi connectivity index (χ0v) is 12.3. The largest absolute Gasteiger partial charge is 0.478 e. The first-order chi connectivity index (χ1) is 10.0. The molecular weight excluding hydrogens is 264 g/mol. The first-order valence-corrected chi connectivity index (χ1v) is 7.06. The van der Waals surface area contributed by atoms with Crippen LogP contribution < -0.4 is 4.74 Å². The number of carbonyl (C=O) groups is 1. The van der Waals surface area contributed by atoms with Gasteiger partial charge in [0, 0.05) is 12.3 Å². The lowest BCUT2D eigenvalue weighted by Gasteiger charge is -2.34. The summed E-state index contributed by atoms with van der Waals surface area (Å²) in [4.78, 5) is 11.9. The Kier molecular flexibility index (Phi) is 4.63. The summed E-state index contributed by atoms with van der Waals surface area (Å²) >= 11 is 0. The third-order valence-electron chi connectivity index (χ3n) is 3.65. The first kappa shape index (κ1) is 15.1. The normalized spacial score (nSPS) is 13.7. The van der Waals surface area contributed by atoms with Gasteiger partial charge >= 0.3 is 5.97 Å². The van der Waals surface area contributed by atoms with Crippen molar-refractivity contribution in [3.63, 3.8) is 0 Å². The minimum absolute atomic E-state index is 0.171. The van der Waals surface area contributed by atoms with Crippen LogP contribution in [0.5, 0.6) is 5.75 Å². The maximum Gasteiger partial charge on any atom is 0.348 e. The van der Waals surface area contributed by atoms with Gasteiger partial charge in [-0.3, -0.25) is 0 Å². The van der Waals surface area contributed by atoms with E-state index < -0.39 is 11.6 Å². The Hall–Kier alpha value is -2.29. The van der Waals surface area contributed by atoms with Gasteiger partial charge in [-0.2, -0.15) is 0 Å². The number of benzene rings is 2. The maximum atomic E-state index is 11.9. The number of carboxylic acid groups (broad SMARTS) is 1. The van der Waals surface area contributed by atoms with Crippen LogP contribution in [0.15, 0.2) is 60.7 Å². The third-order valence-corrected chi connectivity index (χ3v) is 3.65. The minimum Gasteiger partial charge on any atom is -0.478 e. The van der Waals surface area contributed by atoms with Crippen LogP contribution in [0, 0.1) is 5.92 Å². The molecule has 0 radical (unpaired) electrons. The fourth-order valence-corrected chi connectivity index (χ4v) is 2.32. The van der Waals surface area contributed by atoms with Crippen molar-refractivity contribution < 1.29 is 14.6 Å². The van der Waals surface area contributed by atoms with E-state index in [9.17, 15) is 9.90 Å². The molecular formula is C18H20O3. The molecule has 0 spiro atoms. The standard InChI is InChI=1S/C18H20O3/c1-14(2)18(17(19)20,13-15-9-5-3-6-10-15)21-16-11-7-4-8-12-16/h3-12,14H,13H2,1-2H3,(H,19,20). The van der Waals surface area contributed by atoms with Gasteiger partial charge < -0.3 is 9.84 Å². The molecule has 0 saturated carbocycles. The average Bonchev–Trinajstić information content (AvgIpc) is 2.48. The predicted octanol–water partition coefficient (Wildman–Crippen LogP) is 3.79. The van der Waals surface area contributed by atoms with Crippen LogP contribution in [-0.2, 0) is 11.2 Å². The zero-order chi connectivity index (χ0) is 15.3. The van der Waals surface area contributed by atoms with E-state index in [1.807, 2.05) is 62.4 Å². The van der Waals surface area contributed by atoms with E-state index in [1.54, 1.807) is 12.1 Å². The van der Waals surface area contributed by atoms with Gasteiger partial charge in [-0.1, -0.05) is 62.4 Å². The van der Waals surface area contributed by atoms with Crippen LogP contribution in [0.3, 0.4) is 0 Å². The van der Waals surface area contributed by atoms with Gasteiger partial charge in [-0.05, 0) is 17.7 Å². The second kappa shape index (κ2) is 6.44. The highest BCUT2D eigenvalue weighted by Gasteiger charge is 2.44. The van der Waals surface area contributed by atoms with Crippen molar-refractivity contribution >= 4 is 5.97 Å². The van der Waals surface area contributed by atoms with Crippen LogP contribution in [-0.4, -0.2) is 16.7 Å². The van der Waals surface area contributed by atoms with E-state index in [4.69, 9.17) is 4.74 Å². The molecule has 3 heteroatoms. The van der Waals surface area contributed by atoms with Crippen molar-refractivity contribution in [3.8, 4) is 5.75 Å². The molecule has 2 rings (SSSR count). The Morgan fingerprint density at radius 2 is 1.57 bits per heavy atom. The molecule has 0 saturated heterocycles. The molecule has 2 aromatic rings. The summed E-state index contributed by atoms with van der Waals surface area (Å²) in [5.41, 5.74) is -0.326. The van der Waals surface area contributed by atoms with Crippen molar-refractivity contribution in [2.24, 2.45) is 5.92 Å². The average molecular weight is 284 g/mol. The second-order valence-electron chi connectivity index (χ2n) is 5.43. The maximum absolute atomic E-state index is 11.9. The molecule has 1 unspecified atom stereocenters. The lowest BCUT2D eigenvalue weighted by molar-refractivity contribution is -0.159. The molecule has 0 heterocycles. The second-order valence-corrected chi connectivity index (χ2v) is 5.43. The third kappa shape index (κ3) is 3.43. The SMILES string of the molecule is CC(C)C(Cc1ccccc1)(Oc1ccccc1)C(=O)O. The molecule has 0 bridgehead atoms. The van der Waals surface area contributed by atoms with Crippen molar-refractivity contribution in [1.29, 1.82) is 0 Å². The predicted molar refractivity (Wildman–Crippen MR) is 82.4 cm³/mol. The van der Waals surface area contributed by atoms with E-state index in [-0.39, 0.29) is 5.92 Å². The van der Waals surface area contributed by atoms with Gasteiger partial charge in [0.15, 0.2) is 0 Å². The molecule has 3 nitrogen and oxygen atoms in total. The van der Waals surface area contributed by atoms with Gasteiger partial charge in [0.05, 0.1) is 0 Å². The molecule has 1 N–H and O–H groups in total. The van der Waals surface area contributed by atoms with Crippen molar-refractivity contribution in [2.75, 3.05) is 0 Å². The monoisotopic (exact) mass is 284 g/mol. The number of carboxylic acids is 1. The molecule has 2 aromatic carbocycles. The van der Waals surface area contributed by atoms with Crippen molar-refractivity contribution in [3.05, 3.63) is 66.2 Å². The van der Waals surface area contributed by atoms with Gasteiger partial charge in [-0.15, -0.1) is 0 Å². The van der Waals surface area contributed by atoms with E-state index in [2.05, 4.69) is 0 Å². The fraction of sp³-hybridized carbons (Fsp3) is 0.278. The van der Waals surface area contributed by atoms with Gasteiger partial charge in [0.1, 0.15) is 5.75 Å². The van der Waals surface area contributed by atoms with Crippen molar-refractivity contribution in [2.45, 2.75) is 25.9 Å². The lowest BCUT2D eigenvalue weighted by atomic mass is 9.84. The summed E-state index contributed by atoms with van der Waals surface area (Å²) in [5.74, 6) is -0.537. The topological polar surface area (TPSA) is 46.5 Å². The minimum atomic E-state index is -1.28. The molecule has 0 aliphatic carbocycles. The molecule has 1 atom stereocenters. The zero-order valence-electron chi connectivity index (χ0n) is 12.3. The molecule has 0 fully saturated rings. The Morgan fingerprint density at radius 3 is 2.05 bits per heavy atom. The van der Waals surface area contributed by atoms with Gasteiger partial charge in [0.2, 0.25) is 5.60 Å². The molecule has 0 aromatic heterocycles. The van der Waals surface area contributed by atoms with Crippen LogP contribution in [0.25, 0.3) is 0 Å². The van der Waals surface area contributed by atoms with Crippen LogP contribution in [0.1, 0.15) is 19.4 Å². The number of hydrogen-bond donors (Lipinski definition) is 1. The highest BCUT2D eigenvalue weighted by atomic mass is 16.5. The van der Waals surface area contributed by atoms with Gasteiger partial charge in [-0.25, -0.2) is 4.79 Å². The molecule has 0 aliphatic rings. The number of ether oxygens (including phenoxy) is 1. The molecule has 0 aliphatic heterocycles. The van der Waals surface area contributed by atoms with Gasteiger partial charge in [0.25, 0.3) is 0 Å². The number of aliphatic carboxylic acids is 1. The quantitative estimate of drug-likeness (QED) is 0.878. The van der Waals surface area contributed by atoms with Crippen LogP contribution in [0.2, 0.25) is 0 Å². The van der Waals surface area contributed by atoms with Crippen LogP contribution >= 0.6 is 0 Å². The fourth-order valence-electron chi connectivity index (χ4n) is 2.32. The molecule has 0 amide bonds. The Balaban J connectivity index is 2.36. The lowest BCUT2D eigenvalue weighted by Crippen LogP contribution is -2.51. The summed E-state index contributed by atoms with van der Waals surface area (Å²) in [5, 5.41) is 9.79. The summed E-state index contributed by atoms with van der Waals surface area (Å²) in [6.07, 6.45) is 0.329. The Morgan fingerprint density at radius 1 is 1.05 bits per heavy atom. The highest BCUT2D eigenvalue weighted by Crippen LogP contribution is 2.29. The Bertz CT molecular complexity index is 534. The summed E-state index contributed by atoms with van der Waals surface area (Å²) < 4.78 is 5.93. The summed E-state index contributed by atoms with van der Waals surface area (Å²) in [6.45, 7) is 3.75. The van der Waals surface area contributed by atoms with E-state index in [0.717, 1.165) is 5.56 Å². The number of hydrogen-bond acceptors (Lipinski definition) is 2. The van der Waals surface area contributed by atoms with Crippen molar-refractivity contribution in [1.82, 2.24) is 0 Å².